The van der Waals surface area contributed by atoms with Crippen LogP contribution in [0.4, 0.5) is 0 Å². The molecule has 2 aromatic rings. The van der Waals surface area contributed by atoms with Gasteiger partial charge in [-0.15, -0.1) is 0 Å². The fourth-order valence-corrected chi connectivity index (χ4v) is 2.67. The van der Waals surface area contributed by atoms with Crippen LogP contribution >= 0.6 is 0 Å². The second kappa shape index (κ2) is 6.71. The number of rotatable bonds is 6. The molecule has 0 bridgehead atoms. The van der Waals surface area contributed by atoms with Gasteiger partial charge in [-0.25, -0.2) is 0 Å². The molecule has 0 spiro atoms. The minimum absolute atomic E-state index is 0.0530. The molecular formula is C18H21NO3. The molecule has 22 heavy (non-hydrogen) atoms. The molecule has 2 aromatic carbocycles. The zero-order valence-electron chi connectivity index (χ0n) is 12.7. The second-order valence-corrected chi connectivity index (χ2v) is 5.44. The summed E-state index contributed by atoms with van der Waals surface area (Å²) in [5.41, 5.74) is 8.65. The van der Waals surface area contributed by atoms with Crippen LogP contribution in [-0.4, -0.2) is 19.4 Å². The predicted molar refractivity (Wildman–Crippen MR) is 85.6 cm³/mol. The van der Waals surface area contributed by atoms with Crippen molar-refractivity contribution in [2.45, 2.75) is 25.8 Å². The van der Waals surface area contributed by atoms with Crippen LogP contribution in [0, 0.1) is 0 Å². The highest BCUT2D eigenvalue weighted by molar-refractivity contribution is 5.44. The first-order valence-corrected chi connectivity index (χ1v) is 7.60. The van der Waals surface area contributed by atoms with Gasteiger partial charge in [-0.05, 0) is 55.2 Å². The van der Waals surface area contributed by atoms with E-state index in [2.05, 4.69) is 12.1 Å². The summed E-state index contributed by atoms with van der Waals surface area (Å²) in [5, 5.41) is 0. The van der Waals surface area contributed by atoms with E-state index in [-0.39, 0.29) is 6.04 Å². The number of benzene rings is 2. The van der Waals surface area contributed by atoms with Gasteiger partial charge in [0.25, 0.3) is 0 Å². The van der Waals surface area contributed by atoms with Gasteiger partial charge in [0.1, 0.15) is 5.75 Å². The molecule has 0 aromatic heterocycles. The summed E-state index contributed by atoms with van der Waals surface area (Å²) in [5.74, 6) is 2.51. The van der Waals surface area contributed by atoms with Crippen molar-refractivity contribution < 1.29 is 14.2 Å². The Morgan fingerprint density at radius 2 is 1.82 bits per heavy atom. The van der Waals surface area contributed by atoms with Crippen molar-refractivity contribution >= 4 is 0 Å². The van der Waals surface area contributed by atoms with Crippen molar-refractivity contribution in [2.75, 3.05) is 13.4 Å². The maximum absolute atomic E-state index is 6.29. The molecule has 2 N–H and O–H groups in total. The monoisotopic (exact) mass is 299 g/mol. The largest absolute Gasteiger partial charge is 0.494 e. The van der Waals surface area contributed by atoms with Crippen LogP contribution in [0.1, 0.15) is 18.1 Å². The Labute approximate surface area is 130 Å². The third kappa shape index (κ3) is 3.52. The molecule has 1 aliphatic rings. The van der Waals surface area contributed by atoms with E-state index in [1.165, 1.54) is 5.56 Å². The molecule has 1 aliphatic heterocycles. The molecule has 1 unspecified atom stereocenters. The van der Waals surface area contributed by atoms with E-state index in [0.717, 1.165) is 35.7 Å². The zero-order chi connectivity index (χ0) is 15.4. The first kappa shape index (κ1) is 14.7. The quantitative estimate of drug-likeness (QED) is 0.891. The van der Waals surface area contributed by atoms with E-state index in [4.69, 9.17) is 19.9 Å². The van der Waals surface area contributed by atoms with Gasteiger partial charge in [0.05, 0.1) is 6.61 Å². The van der Waals surface area contributed by atoms with Gasteiger partial charge in [-0.3, -0.25) is 0 Å². The fraction of sp³-hybridized carbons (Fsp3) is 0.333. The SMILES string of the molecule is CCOc1cccc(CC(N)Cc2ccc3c(c2)OCO3)c1. The van der Waals surface area contributed by atoms with Crippen molar-refractivity contribution in [3.05, 3.63) is 53.6 Å². The van der Waals surface area contributed by atoms with Gasteiger partial charge in [0.2, 0.25) is 6.79 Å². The summed E-state index contributed by atoms with van der Waals surface area (Å²) in [6, 6.07) is 14.2. The Bertz CT molecular complexity index is 642. The Kier molecular flexibility index (Phi) is 4.49. The molecule has 0 fully saturated rings. The Balaban J connectivity index is 1.62. The third-order valence-corrected chi connectivity index (χ3v) is 3.64. The lowest BCUT2D eigenvalue weighted by Crippen LogP contribution is -2.25. The van der Waals surface area contributed by atoms with Crippen LogP contribution in [0.15, 0.2) is 42.5 Å². The number of hydrogen-bond donors (Lipinski definition) is 1. The highest BCUT2D eigenvalue weighted by Gasteiger charge is 2.14. The van der Waals surface area contributed by atoms with Gasteiger partial charge < -0.3 is 19.9 Å². The molecular weight excluding hydrogens is 278 g/mol. The minimum atomic E-state index is 0.0530. The van der Waals surface area contributed by atoms with Gasteiger partial charge in [0.15, 0.2) is 11.5 Å². The summed E-state index contributed by atoms with van der Waals surface area (Å²) in [7, 11) is 0. The van der Waals surface area contributed by atoms with Crippen molar-refractivity contribution in [2.24, 2.45) is 5.73 Å². The molecule has 3 rings (SSSR count). The van der Waals surface area contributed by atoms with Crippen LogP contribution in [-0.2, 0) is 12.8 Å². The number of nitrogens with two attached hydrogens (primary N) is 1. The molecule has 0 saturated heterocycles. The second-order valence-electron chi connectivity index (χ2n) is 5.44. The third-order valence-electron chi connectivity index (χ3n) is 3.64. The van der Waals surface area contributed by atoms with Crippen LogP contribution in [0.3, 0.4) is 0 Å². The molecule has 1 heterocycles. The van der Waals surface area contributed by atoms with Crippen molar-refractivity contribution in [3.8, 4) is 17.2 Å². The zero-order valence-corrected chi connectivity index (χ0v) is 12.7. The van der Waals surface area contributed by atoms with Crippen LogP contribution < -0.4 is 19.9 Å². The lowest BCUT2D eigenvalue weighted by Gasteiger charge is -2.13. The lowest BCUT2D eigenvalue weighted by molar-refractivity contribution is 0.174. The van der Waals surface area contributed by atoms with Gasteiger partial charge >= 0.3 is 0 Å². The molecule has 4 nitrogen and oxygen atoms in total. The maximum atomic E-state index is 6.29. The Hall–Kier alpha value is -2.20. The smallest absolute Gasteiger partial charge is 0.231 e. The van der Waals surface area contributed by atoms with Crippen LogP contribution in [0.2, 0.25) is 0 Å². The Morgan fingerprint density at radius 3 is 2.64 bits per heavy atom. The predicted octanol–water partition coefficient (Wildman–Crippen LogP) is 2.93. The minimum Gasteiger partial charge on any atom is -0.494 e. The van der Waals surface area contributed by atoms with Crippen molar-refractivity contribution in [1.29, 1.82) is 0 Å². The standard InChI is InChI=1S/C18H21NO3/c1-2-20-16-5-3-4-13(10-16)8-15(19)9-14-6-7-17-18(11-14)22-12-21-17/h3-7,10-11,15H,2,8-9,12,19H2,1H3. The molecule has 0 amide bonds. The first-order chi connectivity index (χ1) is 10.7. The van der Waals surface area contributed by atoms with E-state index in [0.29, 0.717) is 13.4 Å². The van der Waals surface area contributed by atoms with Crippen LogP contribution in [0.25, 0.3) is 0 Å². The van der Waals surface area contributed by atoms with Gasteiger partial charge in [-0.1, -0.05) is 18.2 Å². The first-order valence-electron chi connectivity index (χ1n) is 7.60. The maximum Gasteiger partial charge on any atom is 0.231 e. The number of fused-ring (bicyclic) bond motifs is 1. The number of ether oxygens (including phenoxy) is 3. The lowest BCUT2D eigenvalue weighted by atomic mass is 9.99. The van der Waals surface area contributed by atoms with Gasteiger partial charge in [0, 0.05) is 6.04 Å². The van der Waals surface area contributed by atoms with E-state index in [1.807, 2.05) is 37.3 Å². The van der Waals surface area contributed by atoms with Crippen molar-refractivity contribution in [1.82, 2.24) is 0 Å². The molecule has 4 heteroatoms. The fourth-order valence-electron chi connectivity index (χ4n) is 2.67. The molecule has 0 aliphatic carbocycles. The summed E-state index contributed by atoms with van der Waals surface area (Å²) < 4.78 is 16.3. The summed E-state index contributed by atoms with van der Waals surface area (Å²) >= 11 is 0. The number of hydrogen-bond acceptors (Lipinski definition) is 4. The molecule has 0 saturated carbocycles. The van der Waals surface area contributed by atoms with Crippen LogP contribution in [0.5, 0.6) is 17.2 Å². The topological polar surface area (TPSA) is 53.7 Å². The molecule has 0 radical (unpaired) electrons. The molecule has 1 atom stereocenters. The average molecular weight is 299 g/mol. The van der Waals surface area contributed by atoms with E-state index >= 15 is 0 Å². The average Bonchev–Trinajstić information content (AvgIpc) is 2.95. The molecule has 116 valence electrons. The summed E-state index contributed by atoms with van der Waals surface area (Å²) in [4.78, 5) is 0. The Morgan fingerprint density at radius 1 is 1.05 bits per heavy atom. The summed E-state index contributed by atoms with van der Waals surface area (Å²) in [6.07, 6.45) is 1.62. The van der Waals surface area contributed by atoms with Gasteiger partial charge in [-0.2, -0.15) is 0 Å². The normalized spacial score (nSPS) is 13.9. The highest BCUT2D eigenvalue weighted by atomic mass is 16.7. The van der Waals surface area contributed by atoms with E-state index in [9.17, 15) is 0 Å². The van der Waals surface area contributed by atoms with E-state index < -0.39 is 0 Å². The highest BCUT2D eigenvalue weighted by Crippen LogP contribution is 2.32. The van der Waals surface area contributed by atoms with E-state index in [1.54, 1.807) is 0 Å². The van der Waals surface area contributed by atoms with Crippen molar-refractivity contribution in [3.63, 3.8) is 0 Å². The summed E-state index contributed by atoms with van der Waals surface area (Å²) in [6.45, 7) is 2.96.